The van der Waals surface area contributed by atoms with E-state index in [0.717, 1.165) is 43.6 Å². The second kappa shape index (κ2) is 8.39. The van der Waals surface area contributed by atoms with Gasteiger partial charge in [0.05, 0.1) is 16.8 Å². The third-order valence-electron chi connectivity index (χ3n) is 5.34. The molecule has 3 aromatic rings. The van der Waals surface area contributed by atoms with Gasteiger partial charge in [-0.3, -0.25) is 4.72 Å². The monoisotopic (exact) mass is 411 g/mol. The summed E-state index contributed by atoms with van der Waals surface area (Å²) in [6.07, 6.45) is 5.13. The second-order valence-electron chi connectivity index (χ2n) is 7.37. The number of hydrogen-bond acceptors (Lipinski definition) is 5. The molecule has 1 atom stereocenters. The first-order valence-corrected chi connectivity index (χ1v) is 11.4. The highest BCUT2D eigenvalue weighted by Crippen LogP contribution is 2.33. The molecule has 0 amide bonds. The molecule has 0 unspecified atom stereocenters. The lowest BCUT2D eigenvalue weighted by molar-refractivity contribution is 0.335. The Morgan fingerprint density at radius 1 is 1.17 bits per heavy atom. The Balaban J connectivity index is 1.54. The van der Waals surface area contributed by atoms with E-state index in [-0.39, 0.29) is 4.90 Å². The molecule has 0 bridgehead atoms. The summed E-state index contributed by atoms with van der Waals surface area (Å²) in [5, 5.41) is 0. The first-order chi connectivity index (χ1) is 14.1. The highest BCUT2D eigenvalue weighted by molar-refractivity contribution is 7.92. The molecule has 0 aliphatic carbocycles. The molecule has 2 aromatic carbocycles. The van der Waals surface area contributed by atoms with Crippen LogP contribution in [0, 0.1) is 0 Å². The lowest BCUT2D eigenvalue weighted by atomic mass is 9.97. The van der Waals surface area contributed by atoms with Gasteiger partial charge in [0, 0.05) is 12.1 Å². The Bertz CT molecular complexity index is 1050. The number of oxazole rings is 1. The third kappa shape index (κ3) is 4.36. The van der Waals surface area contributed by atoms with Crippen molar-refractivity contribution in [3.63, 3.8) is 0 Å². The highest BCUT2D eigenvalue weighted by Gasteiger charge is 2.26. The van der Waals surface area contributed by atoms with Gasteiger partial charge in [-0.25, -0.2) is 13.4 Å². The number of para-hydroxylation sites is 1. The molecule has 0 spiro atoms. The maximum atomic E-state index is 13.0. The van der Waals surface area contributed by atoms with Gasteiger partial charge in [0.1, 0.15) is 0 Å². The van der Waals surface area contributed by atoms with Gasteiger partial charge in [-0.2, -0.15) is 0 Å². The van der Waals surface area contributed by atoms with Gasteiger partial charge in [-0.05, 0) is 67.7 Å². The van der Waals surface area contributed by atoms with Crippen LogP contribution in [-0.4, -0.2) is 37.9 Å². The van der Waals surface area contributed by atoms with Crippen LogP contribution in [0.25, 0.3) is 11.3 Å². The van der Waals surface area contributed by atoms with Gasteiger partial charge in [-0.15, -0.1) is 0 Å². The largest absolute Gasteiger partial charge is 0.444 e. The fourth-order valence-corrected chi connectivity index (χ4v) is 5.00. The number of nitrogens with zero attached hydrogens (tertiary/aromatic N) is 2. The number of hydrogen-bond donors (Lipinski definition) is 1. The van der Waals surface area contributed by atoms with Crippen molar-refractivity contribution in [1.82, 2.24) is 9.88 Å². The van der Waals surface area contributed by atoms with E-state index >= 15 is 0 Å². The van der Waals surface area contributed by atoms with Crippen molar-refractivity contribution in [1.29, 1.82) is 0 Å². The number of sulfonamides is 1. The molecule has 1 aliphatic heterocycles. The normalized spacial score (nSPS) is 17.5. The van der Waals surface area contributed by atoms with Crippen molar-refractivity contribution in [3.05, 3.63) is 66.7 Å². The van der Waals surface area contributed by atoms with Crippen molar-refractivity contribution in [2.45, 2.75) is 30.6 Å². The standard InChI is InChI=1S/C22H25N3O3S/c1-2-12-25-13-11-18(15-25)20-5-3-4-6-21(20)24-29(26,27)19-9-7-17(8-10-19)22-14-23-16-28-22/h3-10,14,16,18,24H,2,11-13,15H2,1H3/t18-/m1/s1. The number of nitrogens with one attached hydrogen (secondary N) is 1. The van der Waals surface area contributed by atoms with E-state index in [2.05, 4.69) is 21.5 Å². The fourth-order valence-electron chi connectivity index (χ4n) is 3.91. The van der Waals surface area contributed by atoms with Gasteiger partial charge in [0.15, 0.2) is 12.2 Å². The molecule has 1 aromatic heterocycles. The number of likely N-dealkylation sites (tertiary alicyclic amines) is 1. The highest BCUT2D eigenvalue weighted by atomic mass is 32.2. The van der Waals surface area contributed by atoms with Gasteiger partial charge in [0.25, 0.3) is 10.0 Å². The molecule has 1 fully saturated rings. The summed E-state index contributed by atoms with van der Waals surface area (Å²) in [5.74, 6) is 0.944. The molecule has 1 N–H and O–H groups in total. The van der Waals surface area contributed by atoms with E-state index in [4.69, 9.17) is 4.42 Å². The summed E-state index contributed by atoms with van der Waals surface area (Å²) in [7, 11) is -3.68. The minimum atomic E-state index is -3.68. The van der Waals surface area contributed by atoms with Gasteiger partial charge in [0.2, 0.25) is 0 Å². The van der Waals surface area contributed by atoms with Crippen molar-refractivity contribution in [3.8, 4) is 11.3 Å². The average molecular weight is 412 g/mol. The summed E-state index contributed by atoms with van der Waals surface area (Å²) in [4.78, 5) is 6.55. The van der Waals surface area contributed by atoms with Crippen LogP contribution in [-0.2, 0) is 10.0 Å². The minimum absolute atomic E-state index is 0.217. The van der Waals surface area contributed by atoms with Crippen molar-refractivity contribution in [2.24, 2.45) is 0 Å². The maximum Gasteiger partial charge on any atom is 0.261 e. The average Bonchev–Trinajstić information content (AvgIpc) is 3.41. The lowest BCUT2D eigenvalue weighted by Crippen LogP contribution is -2.21. The summed E-state index contributed by atoms with van der Waals surface area (Å²) in [6, 6.07) is 14.3. The molecule has 6 nitrogen and oxygen atoms in total. The SMILES string of the molecule is CCCN1CC[C@@H](c2ccccc2NS(=O)(=O)c2ccc(-c3cnco3)cc2)C1. The number of rotatable bonds is 7. The predicted octanol–water partition coefficient (Wildman–Crippen LogP) is 4.34. The number of aromatic nitrogens is 1. The first kappa shape index (κ1) is 19.7. The summed E-state index contributed by atoms with van der Waals surface area (Å²) >= 11 is 0. The van der Waals surface area contributed by atoms with Crippen LogP contribution in [0.2, 0.25) is 0 Å². The third-order valence-corrected chi connectivity index (χ3v) is 6.72. The van der Waals surface area contributed by atoms with Crippen LogP contribution in [0.3, 0.4) is 0 Å². The maximum absolute atomic E-state index is 13.0. The van der Waals surface area contributed by atoms with Gasteiger partial charge >= 0.3 is 0 Å². The quantitative estimate of drug-likeness (QED) is 0.626. The van der Waals surface area contributed by atoms with E-state index in [0.29, 0.717) is 17.4 Å². The predicted molar refractivity (Wildman–Crippen MR) is 113 cm³/mol. The Hall–Kier alpha value is -2.64. The second-order valence-corrected chi connectivity index (χ2v) is 9.05. The van der Waals surface area contributed by atoms with Crippen LogP contribution < -0.4 is 4.72 Å². The zero-order valence-corrected chi connectivity index (χ0v) is 17.2. The first-order valence-electron chi connectivity index (χ1n) is 9.90. The summed E-state index contributed by atoms with van der Waals surface area (Å²) in [5.41, 5.74) is 2.51. The number of anilines is 1. The molecule has 7 heteroatoms. The minimum Gasteiger partial charge on any atom is -0.444 e. The van der Waals surface area contributed by atoms with Crippen LogP contribution >= 0.6 is 0 Å². The van der Waals surface area contributed by atoms with Crippen molar-refractivity contribution in [2.75, 3.05) is 24.4 Å². The summed E-state index contributed by atoms with van der Waals surface area (Å²) in [6.45, 7) is 5.30. The Labute approximate surface area is 171 Å². The fraction of sp³-hybridized carbons (Fsp3) is 0.318. The van der Waals surface area contributed by atoms with Crippen LogP contribution in [0.4, 0.5) is 5.69 Å². The van der Waals surface area contributed by atoms with Crippen LogP contribution in [0.5, 0.6) is 0 Å². The molecule has 1 saturated heterocycles. The Morgan fingerprint density at radius 2 is 1.97 bits per heavy atom. The van der Waals surface area contributed by atoms with Crippen molar-refractivity contribution >= 4 is 15.7 Å². The Kier molecular flexibility index (Phi) is 5.69. The number of benzene rings is 2. The molecule has 29 heavy (non-hydrogen) atoms. The molecule has 152 valence electrons. The molecule has 0 saturated carbocycles. The molecule has 2 heterocycles. The Morgan fingerprint density at radius 3 is 2.69 bits per heavy atom. The van der Waals surface area contributed by atoms with E-state index < -0.39 is 10.0 Å². The van der Waals surface area contributed by atoms with Crippen LogP contribution in [0.1, 0.15) is 31.2 Å². The summed E-state index contributed by atoms with van der Waals surface area (Å²) < 4.78 is 34.0. The molecule has 0 radical (unpaired) electrons. The molecular formula is C22H25N3O3S. The molecule has 1 aliphatic rings. The van der Waals surface area contributed by atoms with E-state index in [1.54, 1.807) is 30.5 Å². The zero-order chi connectivity index (χ0) is 20.3. The van der Waals surface area contributed by atoms with Crippen molar-refractivity contribution < 1.29 is 12.8 Å². The van der Waals surface area contributed by atoms with Crippen LogP contribution in [0.15, 0.2) is 70.4 Å². The smallest absolute Gasteiger partial charge is 0.261 e. The van der Waals surface area contributed by atoms with E-state index in [1.165, 1.54) is 6.39 Å². The van der Waals surface area contributed by atoms with E-state index in [1.807, 2.05) is 24.3 Å². The van der Waals surface area contributed by atoms with E-state index in [9.17, 15) is 8.42 Å². The van der Waals surface area contributed by atoms with Gasteiger partial charge < -0.3 is 9.32 Å². The molecular weight excluding hydrogens is 386 g/mol. The zero-order valence-electron chi connectivity index (χ0n) is 16.4. The van der Waals surface area contributed by atoms with Gasteiger partial charge in [-0.1, -0.05) is 25.1 Å². The topological polar surface area (TPSA) is 75.4 Å². The lowest BCUT2D eigenvalue weighted by Gasteiger charge is -2.18. The molecule has 4 rings (SSSR count).